The number of anilines is 1. The molecular formula is C15H16BrCl2N3. The lowest BCUT2D eigenvalue weighted by Crippen LogP contribution is -2.08. The van der Waals surface area contributed by atoms with E-state index >= 15 is 0 Å². The molecule has 112 valence electrons. The summed E-state index contributed by atoms with van der Waals surface area (Å²) < 4.78 is 0.935. The predicted molar refractivity (Wildman–Crippen MR) is 92.5 cm³/mol. The molecule has 21 heavy (non-hydrogen) atoms. The molecule has 0 spiro atoms. The molecule has 2 rings (SSSR count). The van der Waals surface area contributed by atoms with Crippen molar-refractivity contribution in [3.05, 3.63) is 49.8 Å². The molecule has 2 aromatic rings. The summed E-state index contributed by atoms with van der Waals surface area (Å²) >= 11 is 15.5. The second kappa shape index (κ2) is 7.43. The SMILES string of the molecule is CCNc1nc(Cc2ccc(Cl)c(Cl)c2)nc(CC)c1Br. The third-order valence-corrected chi connectivity index (χ3v) is 4.56. The van der Waals surface area contributed by atoms with Crippen LogP contribution in [0.1, 0.15) is 30.9 Å². The molecule has 0 amide bonds. The van der Waals surface area contributed by atoms with Gasteiger partial charge in [-0.3, -0.25) is 0 Å². The van der Waals surface area contributed by atoms with Crippen LogP contribution in [-0.2, 0) is 12.8 Å². The van der Waals surface area contributed by atoms with Crippen molar-refractivity contribution in [3.8, 4) is 0 Å². The lowest BCUT2D eigenvalue weighted by molar-refractivity contribution is 0.894. The summed E-state index contributed by atoms with van der Waals surface area (Å²) in [5, 5.41) is 4.36. The highest BCUT2D eigenvalue weighted by molar-refractivity contribution is 9.10. The number of nitrogens with zero attached hydrogens (tertiary/aromatic N) is 2. The molecular weight excluding hydrogens is 373 g/mol. The Labute approximate surface area is 143 Å². The monoisotopic (exact) mass is 387 g/mol. The molecule has 0 aliphatic heterocycles. The minimum atomic E-state index is 0.550. The Kier molecular flexibility index (Phi) is 5.85. The quantitative estimate of drug-likeness (QED) is 0.771. The first-order valence-corrected chi connectivity index (χ1v) is 8.33. The van der Waals surface area contributed by atoms with Crippen LogP contribution in [0, 0.1) is 0 Å². The normalized spacial score (nSPS) is 10.7. The Bertz CT molecular complexity index is 647. The Hall–Kier alpha value is -0.840. The van der Waals surface area contributed by atoms with Gasteiger partial charge in [0.1, 0.15) is 11.6 Å². The fourth-order valence-corrected chi connectivity index (χ4v) is 2.89. The van der Waals surface area contributed by atoms with Crippen molar-refractivity contribution in [1.29, 1.82) is 0 Å². The maximum absolute atomic E-state index is 6.05. The smallest absolute Gasteiger partial charge is 0.144 e. The van der Waals surface area contributed by atoms with E-state index in [0.717, 1.165) is 40.3 Å². The van der Waals surface area contributed by atoms with Crippen LogP contribution in [0.5, 0.6) is 0 Å². The van der Waals surface area contributed by atoms with Gasteiger partial charge in [0.05, 0.1) is 20.2 Å². The highest BCUT2D eigenvalue weighted by atomic mass is 79.9. The topological polar surface area (TPSA) is 37.8 Å². The van der Waals surface area contributed by atoms with Crippen molar-refractivity contribution >= 4 is 44.9 Å². The van der Waals surface area contributed by atoms with Crippen molar-refractivity contribution in [2.24, 2.45) is 0 Å². The Morgan fingerprint density at radius 2 is 1.90 bits per heavy atom. The first-order chi connectivity index (χ1) is 10.0. The largest absolute Gasteiger partial charge is 0.369 e. The van der Waals surface area contributed by atoms with Gasteiger partial charge in [0.2, 0.25) is 0 Å². The standard InChI is InChI=1S/C15H16BrCl2N3/c1-3-12-14(16)15(19-4-2)21-13(20-12)8-9-5-6-10(17)11(18)7-9/h5-7H,3-4,8H2,1-2H3,(H,19,20,21). The average molecular weight is 389 g/mol. The van der Waals surface area contributed by atoms with Gasteiger partial charge in [-0.1, -0.05) is 36.2 Å². The van der Waals surface area contributed by atoms with Crippen molar-refractivity contribution in [2.75, 3.05) is 11.9 Å². The van der Waals surface area contributed by atoms with Gasteiger partial charge in [-0.05, 0) is 47.0 Å². The van der Waals surface area contributed by atoms with Crippen LogP contribution in [0.2, 0.25) is 10.0 Å². The number of halogens is 3. The summed E-state index contributed by atoms with van der Waals surface area (Å²) in [5.41, 5.74) is 2.03. The number of benzene rings is 1. The summed E-state index contributed by atoms with van der Waals surface area (Å²) in [5.74, 6) is 1.60. The molecule has 1 aromatic heterocycles. The Morgan fingerprint density at radius 3 is 2.52 bits per heavy atom. The minimum Gasteiger partial charge on any atom is -0.369 e. The molecule has 1 heterocycles. The summed E-state index contributed by atoms with van der Waals surface area (Å²) in [6.45, 7) is 4.93. The van der Waals surface area contributed by atoms with Gasteiger partial charge < -0.3 is 5.32 Å². The van der Waals surface area contributed by atoms with Crippen LogP contribution in [0.4, 0.5) is 5.82 Å². The third-order valence-electron chi connectivity index (χ3n) is 2.99. The molecule has 0 radical (unpaired) electrons. The van der Waals surface area contributed by atoms with E-state index in [0.29, 0.717) is 16.5 Å². The second-order valence-corrected chi connectivity index (χ2v) is 6.17. The van der Waals surface area contributed by atoms with Gasteiger partial charge in [0, 0.05) is 13.0 Å². The van der Waals surface area contributed by atoms with E-state index in [1.807, 2.05) is 19.1 Å². The summed E-state index contributed by atoms with van der Waals surface area (Å²) in [7, 11) is 0. The first kappa shape index (κ1) is 16.5. The lowest BCUT2D eigenvalue weighted by Gasteiger charge is -2.11. The van der Waals surface area contributed by atoms with Crippen LogP contribution in [0.25, 0.3) is 0 Å². The van der Waals surface area contributed by atoms with Crippen LogP contribution in [0.3, 0.4) is 0 Å². The van der Waals surface area contributed by atoms with E-state index < -0.39 is 0 Å². The van der Waals surface area contributed by atoms with Crippen LogP contribution in [0.15, 0.2) is 22.7 Å². The van der Waals surface area contributed by atoms with E-state index in [-0.39, 0.29) is 0 Å². The van der Waals surface area contributed by atoms with E-state index in [2.05, 4.69) is 38.1 Å². The third kappa shape index (κ3) is 4.09. The minimum absolute atomic E-state index is 0.550. The second-order valence-electron chi connectivity index (χ2n) is 4.56. The average Bonchev–Trinajstić information content (AvgIpc) is 2.46. The van der Waals surface area contributed by atoms with Gasteiger partial charge in [0.25, 0.3) is 0 Å². The van der Waals surface area contributed by atoms with E-state index in [9.17, 15) is 0 Å². The first-order valence-electron chi connectivity index (χ1n) is 6.78. The molecule has 3 nitrogen and oxygen atoms in total. The number of nitrogens with one attached hydrogen (secondary N) is 1. The molecule has 1 N–H and O–H groups in total. The predicted octanol–water partition coefficient (Wildman–Crippen LogP) is 5.13. The molecule has 0 unspecified atom stereocenters. The number of aryl methyl sites for hydroxylation is 1. The van der Waals surface area contributed by atoms with E-state index in [1.54, 1.807) is 6.07 Å². The number of rotatable bonds is 5. The molecule has 0 saturated carbocycles. The van der Waals surface area contributed by atoms with Crippen LogP contribution in [-0.4, -0.2) is 16.5 Å². The fraction of sp³-hybridized carbons (Fsp3) is 0.333. The van der Waals surface area contributed by atoms with Gasteiger partial charge >= 0.3 is 0 Å². The molecule has 0 bridgehead atoms. The zero-order valence-electron chi connectivity index (χ0n) is 11.9. The molecule has 0 atom stereocenters. The number of aromatic nitrogens is 2. The van der Waals surface area contributed by atoms with Crippen molar-refractivity contribution in [3.63, 3.8) is 0 Å². The highest BCUT2D eigenvalue weighted by Gasteiger charge is 2.11. The Morgan fingerprint density at radius 1 is 1.14 bits per heavy atom. The van der Waals surface area contributed by atoms with Crippen LogP contribution < -0.4 is 5.32 Å². The van der Waals surface area contributed by atoms with E-state index in [1.165, 1.54) is 0 Å². The Balaban J connectivity index is 2.34. The van der Waals surface area contributed by atoms with Gasteiger partial charge in [-0.2, -0.15) is 0 Å². The summed E-state index contributed by atoms with van der Waals surface area (Å²) in [6.07, 6.45) is 1.46. The zero-order valence-corrected chi connectivity index (χ0v) is 15.0. The number of hydrogen-bond acceptors (Lipinski definition) is 3. The summed E-state index contributed by atoms with van der Waals surface area (Å²) in [6, 6.07) is 5.59. The highest BCUT2D eigenvalue weighted by Crippen LogP contribution is 2.26. The maximum Gasteiger partial charge on any atom is 0.144 e. The molecule has 0 saturated heterocycles. The zero-order chi connectivity index (χ0) is 15.4. The van der Waals surface area contributed by atoms with Crippen molar-refractivity contribution in [2.45, 2.75) is 26.7 Å². The van der Waals surface area contributed by atoms with Crippen molar-refractivity contribution in [1.82, 2.24) is 9.97 Å². The van der Waals surface area contributed by atoms with Crippen LogP contribution >= 0.6 is 39.1 Å². The molecule has 0 fully saturated rings. The summed E-state index contributed by atoms with van der Waals surface area (Å²) in [4.78, 5) is 9.18. The van der Waals surface area contributed by atoms with E-state index in [4.69, 9.17) is 23.2 Å². The molecule has 6 heteroatoms. The molecule has 0 aliphatic rings. The van der Waals surface area contributed by atoms with Gasteiger partial charge in [0.15, 0.2) is 0 Å². The lowest BCUT2D eigenvalue weighted by atomic mass is 10.1. The van der Waals surface area contributed by atoms with Crippen molar-refractivity contribution < 1.29 is 0 Å². The fourth-order valence-electron chi connectivity index (χ4n) is 1.97. The van der Waals surface area contributed by atoms with Gasteiger partial charge in [-0.15, -0.1) is 0 Å². The molecule has 0 aliphatic carbocycles. The number of hydrogen-bond donors (Lipinski definition) is 1. The van der Waals surface area contributed by atoms with Gasteiger partial charge in [-0.25, -0.2) is 9.97 Å². The molecule has 1 aromatic carbocycles. The maximum atomic E-state index is 6.05.